The highest BCUT2D eigenvalue weighted by molar-refractivity contribution is 5.99. The fourth-order valence-corrected chi connectivity index (χ4v) is 1.96. The molecular weight excluding hydrogens is 234 g/mol. The van der Waals surface area contributed by atoms with E-state index in [1.165, 1.54) is 0 Å². The summed E-state index contributed by atoms with van der Waals surface area (Å²) in [6, 6.07) is 4.83. The molecule has 0 saturated carbocycles. The molecule has 1 heterocycles. The van der Waals surface area contributed by atoms with E-state index >= 15 is 0 Å². The van der Waals surface area contributed by atoms with Crippen LogP contribution in [-0.4, -0.2) is 48.3 Å². The van der Waals surface area contributed by atoms with Gasteiger partial charge in [-0.3, -0.25) is 4.79 Å². The van der Waals surface area contributed by atoms with E-state index in [0.717, 1.165) is 0 Å². The molecule has 1 aliphatic rings. The predicted molar refractivity (Wildman–Crippen MR) is 68.0 cm³/mol. The Labute approximate surface area is 105 Å². The third-order valence-corrected chi connectivity index (χ3v) is 2.94. The molecule has 0 aliphatic carbocycles. The van der Waals surface area contributed by atoms with Crippen LogP contribution in [0.3, 0.4) is 0 Å². The second-order valence-corrected chi connectivity index (χ2v) is 4.27. The first-order chi connectivity index (χ1) is 8.61. The first-order valence-electron chi connectivity index (χ1n) is 5.78. The summed E-state index contributed by atoms with van der Waals surface area (Å²) in [5.41, 5.74) is 12.7. The molecule has 0 spiro atoms. The van der Waals surface area contributed by atoms with Crippen molar-refractivity contribution in [1.29, 1.82) is 0 Å². The number of nitrogen functional groups attached to an aromatic ring is 2. The van der Waals surface area contributed by atoms with Crippen LogP contribution in [0, 0.1) is 0 Å². The second-order valence-electron chi connectivity index (χ2n) is 4.27. The third-order valence-electron chi connectivity index (χ3n) is 2.94. The van der Waals surface area contributed by atoms with Crippen LogP contribution >= 0.6 is 0 Å². The van der Waals surface area contributed by atoms with Crippen molar-refractivity contribution in [3.05, 3.63) is 23.8 Å². The number of aliphatic hydroxyl groups is 1. The number of carbonyl (C=O) groups excluding carboxylic acids is 1. The van der Waals surface area contributed by atoms with Gasteiger partial charge in [-0.25, -0.2) is 0 Å². The van der Waals surface area contributed by atoms with Crippen LogP contribution in [0.25, 0.3) is 0 Å². The molecule has 2 rings (SSSR count). The Morgan fingerprint density at radius 1 is 1.50 bits per heavy atom. The molecule has 6 heteroatoms. The number of amides is 1. The van der Waals surface area contributed by atoms with Crippen LogP contribution in [0.4, 0.5) is 11.4 Å². The standard InChI is InChI=1S/C12H17N3O3/c13-8-1-2-10(11(14)5-8)12(17)15-3-4-18-9(6-15)7-16/h1-2,5,9,16H,3-4,6-7,13-14H2. The lowest BCUT2D eigenvalue weighted by molar-refractivity contribution is -0.0447. The molecule has 0 bridgehead atoms. The number of hydrogen-bond donors (Lipinski definition) is 3. The molecule has 5 N–H and O–H groups in total. The van der Waals surface area contributed by atoms with Gasteiger partial charge in [-0.2, -0.15) is 0 Å². The summed E-state index contributed by atoms with van der Waals surface area (Å²) in [5.74, 6) is -0.158. The minimum Gasteiger partial charge on any atom is -0.399 e. The van der Waals surface area contributed by atoms with E-state index in [2.05, 4.69) is 0 Å². The van der Waals surface area contributed by atoms with Gasteiger partial charge in [-0.05, 0) is 18.2 Å². The number of nitrogens with zero attached hydrogens (tertiary/aromatic N) is 1. The Kier molecular flexibility index (Phi) is 3.69. The van der Waals surface area contributed by atoms with Crippen molar-refractivity contribution in [2.24, 2.45) is 0 Å². The molecule has 1 aliphatic heterocycles. The molecular formula is C12H17N3O3. The molecule has 1 aromatic carbocycles. The van der Waals surface area contributed by atoms with Crippen LogP contribution in [0.1, 0.15) is 10.4 Å². The maximum atomic E-state index is 12.3. The Hall–Kier alpha value is -1.79. The molecule has 98 valence electrons. The number of carbonyl (C=O) groups is 1. The molecule has 1 saturated heterocycles. The van der Waals surface area contributed by atoms with E-state index in [-0.39, 0.29) is 18.6 Å². The van der Waals surface area contributed by atoms with Crippen molar-refractivity contribution in [1.82, 2.24) is 4.90 Å². The van der Waals surface area contributed by atoms with Crippen LogP contribution in [0.5, 0.6) is 0 Å². The Bertz CT molecular complexity index is 450. The number of benzene rings is 1. The largest absolute Gasteiger partial charge is 0.399 e. The smallest absolute Gasteiger partial charge is 0.256 e. The lowest BCUT2D eigenvalue weighted by atomic mass is 10.1. The minimum atomic E-state index is -0.322. The van der Waals surface area contributed by atoms with Crippen molar-refractivity contribution in [2.75, 3.05) is 37.8 Å². The highest BCUT2D eigenvalue weighted by Gasteiger charge is 2.25. The van der Waals surface area contributed by atoms with E-state index in [1.54, 1.807) is 23.1 Å². The number of rotatable bonds is 2. The van der Waals surface area contributed by atoms with E-state index in [9.17, 15) is 4.79 Å². The number of nitrogens with two attached hydrogens (primary N) is 2. The lowest BCUT2D eigenvalue weighted by Gasteiger charge is -2.32. The average molecular weight is 251 g/mol. The summed E-state index contributed by atoms with van der Waals surface area (Å²) in [5, 5.41) is 9.05. The molecule has 0 aromatic heterocycles. The van der Waals surface area contributed by atoms with Gasteiger partial charge in [-0.15, -0.1) is 0 Å². The Morgan fingerprint density at radius 3 is 2.94 bits per heavy atom. The summed E-state index contributed by atoms with van der Waals surface area (Å²) in [4.78, 5) is 13.9. The fourth-order valence-electron chi connectivity index (χ4n) is 1.96. The average Bonchev–Trinajstić information content (AvgIpc) is 2.38. The highest BCUT2D eigenvalue weighted by Crippen LogP contribution is 2.19. The quantitative estimate of drug-likeness (QED) is 0.625. The first-order valence-corrected chi connectivity index (χ1v) is 5.78. The maximum Gasteiger partial charge on any atom is 0.256 e. The first kappa shape index (κ1) is 12.7. The zero-order chi connectivity index (χ0) is 13.1. The maximum absolute atomic E-state index is 12.3. The zero-order valence-electron chi connectivity index (χ0n) is 10.0. The summed E-state index contributed by atoms with van der Waals surface area (Å²) in [6.45, 7) is 1.20. The Balaban J connectivity index is 2.15. The van der Waals surface area contributed by atoms with Gasteiger partial charge in [0.1, 0.15) is 0 Å². The van der Waals surface area contributed by atoms with E-state index < -0.39 is 0 Å². The number of morpholine rings is 1. The summed E-state index contributed by atoms with van der Waals surface area (Å²) >= 11 is 0. The van der Waals surface area contributed by atoms with Crippen molar-refractivity contribution in [2.45, 2.75) is 6.10 Å². The summed E-state index contributed by atoms with van der Waals surface area (Å²) < 4.78 is 5.30. The monoisotopic (exact) mass is 251 g/mol. The molecule has 1 unspecified atom stereocenters. The number of aliphatic hydroxyl groups excluding tert-OH is 1. The van der Waals surface area contributed by atoms with Crippen LogP contribution < -0.4 is 11.5 Å². The molecule has 0 radical (unpaired) electrons. The molecule has 1 fully saturated rings. The van der Waals surface area contributed by atoms with Crippen molar-refractivity contribution < 1.29 is 14.6 Å². The lowest BCUT2D eigenvalue weighted by Crippen LogP contribution is -2.47. The zero-order valence-corrected chi connectivity index (χ0v) is 10.0. The normalized spacial score (nSPS) is 19.8. The van der Waals surface area contributed by atoms with Crippen molar-refractivity contribution in [3.8, 4) is 0 Å². The van der Waals surface area contributed by atoms with Gasteiger partial charge in [0.25, 0.3) is 5.91 Å². The highest BCUT2D eigenvalue weighted by atomic mass is 16.5. The number of ether oxygens (including phenoxy) is 1. The van der Waals surface area contributed by atoms with Gasteiger partial charge in [0.15, 0.2) is 0 Å². The SMILES string of the molecule is Nc1ccc(C(=O)N2CCOC(CO)C2)c(N)c1. The van der Waals surface area contributed by atoms with E-state index in [0.29, 0.717) is 36.6 Å². The van der Waals surface area contributed by atoms with Crippen LogP contribution in [-0.2, 0) is 4.74 Å². The third kappa shape index (κ3) is 2.55. The molecule has 1 aromatic rings. The number of hydrogen-bond acceptors (Lipinski definition) is 5. The van der Waals surface area contributed by atoms with Gasteiger partial charge < -0.3 is 26.2 Å². The van der Waals surface area contributed by atoms with Crippen LogP contribution in [0.15, 0.2) is 18.2 Å². The molecule has 6 nitrogen and oxygen atoms in total. The molecule has 1 amide bonds. The van der Waals surface area contributed by atoms with E-state index in [4.69, 9.17) is 21.3 Å². The van der Waals surface area contributed by atoms with Crippen molar-refractivity contribution in [3.63, 3.8) is 0 Å². The molecule has 18 heavy (non-hydrogen) atoms. The van der Waals surface area contributed by atoms with Gasteiger partial charge >= 0.3 is 0 Å². The number of anilines is 2. The molecule has 1 atom stereocenters. The Morgan fingerprint density at radius 2 is 2.28 bits per heavy atom. The summed E-state index contributed by atoms with van der Waals surface area (Å²) in [7, 11) is 0. The fraction of sp³-hybridized carbons (Fsp3) is 0.417. The van der Waals surface area contributed by atoms with Gasteiger partial charge in [0.05, 0.1) is 24.9 Å². The van der Waals surface area contributed by atoms with Gasteiger partial charge in [-0.1, -0.05) is 0 Å². The second kappa shape index (κ2) is 5.24. The topological polar surface area (TPSA) is 102 Å². The predicted octanol–water partition coefficient (Wildman–Crippen LogP) is -0.316. The summed E-state index contributed by atoms with van der Waals surface area (Å²) in [6.07, 6.45) is -0.322. The van der Waals surface area contributed by atoms with Gasteiger partial charge in [0.2, 0.25) is 0 Å². The van der Waals surface area contributed by atoms with E-state index in [1.807, 2.05) is 0 Å². The minimum absolute atomic E-state index is 0.0962. The van der Waals surface area contributed by atoms with Crippen molar-refractivity contribution >= 4 is 17.3 Å². The van der Waals surface area contributed by atoms with Gasteiger partial charge in [0, 0.05) is 24.5 Å². The van der Waals surface area contributed by atoms with Crippen LogP contribution in [0.2, 0.25) is 0 Å².